The molecule has 0 amide bonds. The fraction of sp³-hybridized carbons (Fsp3) is 0.115. The third kappa shape index (κ3) is 3.78. The molecule has 1 saturated heterocycles. The number of hydrogen-bond donors (Lipinski definition) is 2. The molecule has 1 aliphatic heterocycles. The lowest BCUT2D eigenvalue weighted by molar-refractivity contribution is 0.0601. The number of carbonyl (C=O) groups is 1. The lowest BCUT2D eigenvalue weighted by Crippen LogP contribution is -2.29. The number of rotatable bonds is 5. The van der Waals surface area contributed by atoms with E-state index in [4.69, 9.17) is 21.4 Å². The molecular weight excluding hydrogens is 450 g/mol. The number of phenolic OH excluding ortho intramolecular Hbond substituents is 1. The van der Waals surface area contributed by atoms with Crippen molar-refractivity contribution in [1.82, 2.24) is 10.3 Å². The van der Waals surface area contributed by atoms with Crippen LogP contribution in [0, 0.1) is 0 Å². The molecule has 2 N–H and O–H groups in total. The van der Waals surface area contributed by atoms with E-state index in [1.165, 1.54) is 7.11 Å². The smallest absolute Gasteiger partial charge is 0.338 e. The van der Waals surface area contributed by atoms with Crippen LogP contribution in [0.3, 0.4) is 0 Å². The maximum Gasteiger partial charge on any atom is 0.338 e. The van der Waals surface area contributed by atoms with Crippen LogP contribution in [0.1, 0.15) is 33.9 Å². The van der Waals surface area contributed by atoms with Gasteiger partial charge in [-0.15, -0.1) is 0 Å². The molecule has 2 aromatic carbocycles. The number of nitrogens with zero attached hydrogens (tertiary/aromatic N) is 2. The summed E-state index contributed by atoms with van der Waals surface area (Å²) in [5.74, 6) is 0.771. The molecule has 7 nitrogen and oxygen atoms in total. The van der Waals surface area contributed by atoms with Gasteiger partial charge in [-0.25, -0.2) is 4.79 Å². The third-order valence-electron chi connectivity index (χ3n) is 5.76. The van der Waals surface area contributed by atoms with Crippen LogP contribution < -0.4 is 10.2 Å². The standard InChI is InChI=1S/C26H21N3O4S/c1-32-25(31)17-9-3-2-8-16(17)21-13-14-22(33-21)24-23(18-10-6-7-15-27-18)28-26(34)29(24)19-11-4-5-12-20(19)30/h2-15,23-24,30H,1H3,(H,28,34)/t23-,24+/m1/s1. The van der Waals surface area contributed by atoms with Crippen molar-refractivity contribution in [2.75, 3.05) is 12.0 Å². The maximum atomic E-state index is 12.3. The fourth-order valence-electron chi connectivity index (χ4n) is 4.21. The van der Waals surface area contributed by atoms with Gasteiger partial charge < -0.3 is 24.5 Å². The van der Waals surface area contributed by atoms with Crippen molar-refractivity contribution in [2.24, 2.45) is 0 Å². The third-order valence-corrected chi connectivity index (χ3v) is 6.07. The van der Waals surface area contributed by atoms with Crippen LogP contribution in [0.4, 0.5) is 5.69 Å². The van der Waals surface area contributed by atoms with Crippen molar-refractivity contribution in [3.63, 3.8) is 0 Å². The first-order valence-corrected chi connectivity index (χ1v) is 11.1. The van der Waals surface area contributed by atoms with Crippen LogP contribution in [0.25, 0.3) is 11.3 Å². The SMILES string of the molecule is COC(=O)c1ccccc1-c1ccc([C@H]2[C@@H](c3ccccn3)NC(=S)N2c2ccccc2O)o1. The molecule has 0 spiro atoms. The first-order chi connectivity index (χ1) is 16.6. The van der Waals surface area contributed by atoms with E-state index in [-0.39, 0.29) is 11.8 Å². The number of aromatic hydroxyl groups is 1. The van der Waals surface area contributed by atoms with E-state index < -0.39 is 12.0 Å². The van der Waals surface area contributed by atoms with Gasteiger partial charge in [0.25, 0.3) is 0 Å². The summed E-state index contributed by atoms with van der Waals surface area (Å²) < 4.78 is 11.3. The predicted octanol–water partition coefficient (Wildman–Crippen LogP) is 5.01. The van der Waals surface area contributed by atoms with Gasteiger partial charge in [-0.05, 0) is 54.7 Å². The van der Waals surface area contributed by atoms with Crippen molar-refractivity contribution >= 4 is 29.0 Å². The average molecular weight is 472 g/mol. The van der Waals surface area contributed by atoms with Crippen LogP contribution >= 0.6 is 12.2 Å². The largest absolute Gasteiger partial charge is 0.506 e. The Kier molecular flexibility index (Phi) is 5.73. The summed E-state index contributed by atoms with van der Waals surface area (Å²) in [5, 5.41) is 14.4. The molecule has 2 atom stereocenters. The molecule has 1 aliphatic rings. The predicted molar refractivity (Wildman–Crippen MR) is 132 cm³/mol. The van der Waals surface area contributed by atoms with Crippen LogP contribution in [0.5, 0.6) is 5.75 Å². The lowest BCUT2D eigenvalue weighted by Gasteiger charge is -2.26. The Labute approximate surface area is 201 Å². The number of benzene rings is 2. The normalized spacial score (nSPS) is 17.4. The quantitative estimate of drug-likeness (QED) is 0.310. The number of ether oxygens (including phenoxy) is 1. The number of phenols is 1. The highest BCUT2D eigenvalue weighted by molar-refractivity contribution is 7.80. The van der Waals surface area contributed by atoms with Crippen molar-refractivity contribution in [3.05, 3.63) is 102 Å². The van der Waals surface area contributed by atoms with Crippen molar-refractivity contribution in [1.29, 1.82) is 0 Å². The monoisotopic (exact) mass is 471 g/mol. The van der Waals surface area contributed by atoms with Crippen LogP contribution in [-0.4, -0.2) is 28.3 Å². The van der Waals surface area contributed by atoms with E-state index in [1.54, 1.807) is 36.5 Å². The molecule has 0 radical (unpaired) electrons. The van der Waals surface area contributed by atoms with E-state index in [1.807, 2.05) is 53.4 Å². The number of pyridine rings is 1. The topological polar surface area (TPSA) is 87.8 Å². The number of carbonyl (C=O) groups excluding carboxylic acids is 1. The maximum absolute atomic E-state index is 12.3. The van der Waals surface area contributed by atoms with Gasteiger partial charge in [0.1, 0.15) is 23.3 Å². The number of para-hydroxylation sites is 2. The minimum absolute atomic E-state index is 0.0983. The Hall–Kier alpha value is -4.17. The molecule has 4 aromatic rings. The van der Waals surface area contributed by atoms with Gasteiger partial charge in [-0.2, -0.15) is 0 Å². The Morgan fingerprint density at radius 3 is 2.59 bits per heavy atom. The zero-order valence-corrected chi connectivity index (χ0v) is 19.0. The number of aromatic nitrogens is 1. The van der Waals surface area contributed by atoms with Gasteiger partial charge in [0.15, 0.2) is 5.11 Å². The molecule has 0 unspecified atom stereocenters. The Morgan fingerprint density at radius 2 is 1.82 bits per heavy atom. The first kappa shape index (κ1) is 21.7. The Morgan fingerprint density at radius 1 is 1.06 bits per heavy atom. The van der Waals surface area contributed by atoms with E-state index in [2.05, 4.69) is 10.3 Å². The minimum atomic E-state index is -0.445. The molecule has 0 aliphatic carbocycles. The van der Waals surface area contributed by atoms with E-state index in [0.29, 0.717) is 33.4 Å². The van der Waals surface area contributed by atoms with Gasteiger partial charge >= 0.3 is 5.97 Å². The molecule has 5 rings (SSSR count). The molecule has 34 heavy (non-hydrogen) atoms. The van der Waals surface area contributed by atoms with Crippen molar-refractivity contribution in [2.45, 2.75) is 12.1 Å². The van der Waals surface area contributed by atoms with Crippen LogP contribution in [-0.2, 0) is 4.74 Å². The Balaban J connectivity index is 1.62. The summed E-state index contributed by atoms with van der Waals surface area (Å²) in [6, 6.07) is 22.7. The molecule has 8 heteroatoms. The molecule has 170 valence electrons. The van der Waals surface area contributed by atoms with Gasteiger partial charge in [0, 0.05) is 11.8 Å². The Bertz CT molecular complexity index is 1350. The molecular formula is C26H21N3O4S. The number of nitrogens with one attached hydrogen (secondary N) is 1. The second-order valence-corrected chi connectivity index (χ2v) is 8.11. The van der Waals surface area contributed by atoms with Gasteiger partial charge in [-0.3, -0.25) is 4.98 Å². The first-order valence-electron chi connectivity index (χ1n) is 10.6. The van der Waals surface area contributed by atoms with E-state index in [0.717, 1.165) is 5.69 Å². The average Bonchev–Trinajstić information content (AvgIpc) is 3.49. The van der Waals surface area contributed by atoms with Crippen LogP contribution in [0.2, 0.25) is 0 Å². The second kappa shape index (κ2) is 8.99. The van der Waals surface area contributed by atoms with E-state index >= 15 is 0 Å². The summed E-state index contributed by atoms with van der Waals surface area (Å²) in [6.45, 7) is 0. The molecule has 0 saturated carbocycles. The summed E-state index contributed by atoms with van der Waals surface area (Å²) in [7, 11) is 1.35. The number of furan rings is 1. The molecule has 2 aromatic heterocycles. The summed E-state index contributed by atoms with van der Waals surface area (Å²) in [4.78, 5) is 18.6. The number of thiocarbonyl (C=S) groups is 1. The zero-order valence-electron chi connectivity index (χ0n) is 18.2. The highest BCUT2D eigenvalue weighted by Gasteiger charge is 2.43. The second-order valence-electron chi connectivity index (χ2n) is 7.72. The molecule has 3 heterocycles. The highest BCUT2D eigenvalue weighted by Crippen LogP contribution is 2.45. The van der Waals surface area contributed by atoms with Crippen LogP contribution in [0.15, 0.2) is 89.5 Å². The summed E-state index contributed by atoms with van der Waals surface area (Å²) >= 11 is 5.68. The molecule has 1 fully saturated rings. The van der Waals surface area contributed by atoms with Crippen molar-refractivity contribution in [3.8, 4) is 17.1 Å². The highest BCUT2D eigenvalue weighted by atomic mass is 32.1. The summed E-state index contributed by atoms with van der Waals surface area (Å²) in [6.07, 6.45) is 1.72. The fourth-order valence-corrected chi connectivity index (χ4v) is 4.55. The summed E-state index contributed by atoms with van der Waals surface area (Å²) in [5.41, 5.74) is 2.36. The minimum Gasteiger partial charge on any atom is -0.506 e. The number of methoxy groups -OCH3 is 1. The van der Waals surface area contributed by atoms with Crippen molar-refractivity contribution < 1.29 is 19.1 Å². The van der Waals surface area contributed by atoms with E-state index in [9.17, 15) is 9.90 Å². The lowest BCUT2D eigenvalue weighted by atomic mass is 10.0. The van der Waals surface area contributed by atoms with Gasteiger partial charge in [0.2, 0.25) is 0 Å². The van der Waals surface area contributed by atoms with Gasteiger partial charge in [0.05, 0.1) is 30.1 Å². The molecule has 0 bridgehead atoms. The zero-order chi connectivity index (χ0) is 23.7. The van der Waals surface area contributed by atoms with Gasteiger partial charge in [-0.1, -0.05) is 36.4 Å². The number of anilines is 1. The number of esters is 1. The number of hydrogen-bond acceptors (Lipinski definition) is 6.